The third-order valence-corrected chi connectivity index (χ3v) is 14.3. The summed E-state index contributed by atoms with van der Waals surface area (Å²) in [6, 6.07) is 11.2. The fraction of sp³-hybridized carbons (Fsp3) is 0.405. The van der Waals surface area contributed by atoms with Crippen molar-refractivity contribution in [1.29, 1.82) is 0 Å². The summed E-state index contributed by atoms with van der Waals surface area (Å²) in [5.74, 6) is -1.74. The zero-order chi connectivity index (χ0) is 42.3. The first-order valence-electron chi connectivity index (χ1n) is 19.7. The quantitative estimate of drug-likeness (QED) is 0.137. The van der Waals surface area contributed by atoms with Crippen LogP contribution in [0, 0.1) is 5.92 Å². The van der Waals surface area contributed by atoms with Gasteiger partial charge in [-0.05, 0) is 62.1 Å². The van der Waals surface area contributed by atoms with Gasteiger partial charge >= 0.3 is 0 Å². The number of likely N-dealkylation sites (tertiary alicyclic amines) is 1. The second-order valence-corrected chi connectivity index (χ2v) is 18.8. The molecule has 4 aliphatic rings. The smallest absolute Gasteiger partial charge is 0.259 e. The van der Waals surface area contributed by atoms with Crippen LogP contribution in [-0.4, -0.2) is 110 Å². The number of benzene rings is 2. The summed E-state index contributed by atoms with van der Waals surface area (Å²) in [4.78, 5) is 55.7. The summed E-state index contributed by atoms with van der Waals surface area (Å²) < 4.78 is 45.2. The fourth-order valence-electron chi connectivity index (χ4n) is 7.80. The molecule has 316 valence electrons. The first-order valence-corrected chi connectivity index (χ1v) is 22.5. The number of halogens is 1. The van der Waals surface area contributed by atoms with Gasteiger partial charge in [0.2, 0.25) is 27.7 Å². The van der Waals surface area contributed by atoms with Crippen LogP contribution in [0.1, 0.15) is 32.6 Å². The molecule has 4 fully saturated rings. The maximum atomic E-state index is 14.7. The van der Waals surface area contributed by atoms with Crippen LogP contribution in [-0.2, 0) is 29.1 Å². The lowest BCUT2D eigenvalue weighted by Crippen LogP contribution is -2.57. The fourth-order valence-corrected chi connectivity index (χ4v) is 10.1. The Labute approximate surface area is 357 Å². The first-order chi connectivity index (χ1) is 28.8. The van der Waals surface area contributed by atoms with Gasteiger partial charge in [0, 0.05) is 57.9 Å². The highest BCUT2D eigenvalue weighted by molar-refractivity contribution is 7.91. The van der Waals surface area contributed by atoms with Crippen LogP contribution >= 0.6 is 22.9 Å². The molecule has 60 heavy (non-hydrogen) atoms. The topological polar surface area (TPSA) is 181 Å². The standard InChI is InChI=1S/C42H46ClN7O8S2/c1-5-26-20-42(26,40(53)48-60(54,55)30-11-12-30)47-37(51)34-19-29(58-38-32-18-27(43)8-13-31(32)35(56-4)21-44-38)22-50(34)39(52)36(24(2)3)46-41-45-33(23-59-41)25-6-9-28(10-7-25)49-14-16-57-17-15-49/h5-10,13,18,21,23,26,29-30,34,36H,1-2,11-12,14-17,19-20,22H2,3-4H3,(H,45,46)(H,47,51)(H,48,53)/t26-,29-,34+,36+,42-/m1/s1. The predicted octanol–water partition coefficient (Wildman–Crippen LogP) is 4.93. The van der Waals surface area contributed by atoms with Crippen molar-refractivity contribution in [2.24, 2.45) is 5.92 Å². The molecule has 5 atom stereocenters. The van der Waals surface area contributed by atoms with Gasteiger partial charge in [-0.1, -0.05) is 36.4 Å². The number of amides is 3. The molecular formula is C42H46ClN7O8S2. The van der Waals surface area contributed by atoms with E-state index in [4.69, 9.17) is 30.8 Å². The van der Waals surface area contributed by atoms with Crippen LogP contribution in [0.25, 0.3) is 22.0 Å². The number of aromatic nitrogens is 2. The monoisotopic (exact) mass is 875 g/mol. The lowest BCUT2D eigenvalue weighted by Gasteiger charge is -2.30. The number of fused-ring (bicyclic) bond motifs is 1. The summed E-state index contributed by atoms with van der Waals surface area (Å²) in [7, 11) is -2.38. The van der Waals surface area contributed by atoms with Gasteiger partial charge < -0.3 is 34.6 Å². The number of methoxy groups -OCH3 is 1. The van der Waals surface area contributed by atoms with E-state index >= 15 is 0 Å². The number of carbonyl (C=O) groups excluding carboxylic acids is 3. The summed E-state index contributed by atoms with van der Waals surface area (Å²) in [5, 5.41) is 9.53. The van der Waals surface area contributed by atoms with Crippen LogP contribution < -0.4 is 29.7 Å². The van der Waals surface area contributed by atoms with Crippen molar-refractivity contribution >= 4 is 72.3 Å². The maximum Gasteiger partial charge on any atom is 0.259 e. The van der Waals surface area contributed by atoms with Crippen molar-refractivity contribution in [2.75, 3.05) is 50.2 Å². The molecule has 18 heteroatoms. The molecule has 15 nitrogen and oxygen atoms in total. The molecule has 2 aliphatic heterocycles. The van der Waals surface area contributed by atoms with E-state index in [2.05, 4.69) is 50.5 Å². The number of rotatable bonds is 15. The Morgan fingerprint density at radius 3 is 2.53 bits per heavy atom. The largest absolute Gasteiger partial charge is 0.494 e. The maximum absolute atomic E-state index is 14.7. The van der Waals surface area contributed by atoms with Gasteiger partial charge in [0.15, 0.2) is 5.13 Å². The molecule has 0 radical (unpaired) electrons. The third kappa shape index (κ3) is 8.40. The molecule has 8 rings (SSSR count). The zero-order valence-corrected chi connectivity index (χ0v) is 35.6. The lowest BCUT2D eigenvalue weighted by atomic mass is 10.1. The number of pyridine rings is 1. The van der Waals surface area contributed by atoms with E-state index in [1.165, 1.54) is 35.6 Å². The molecular weight excluding hydrogens is 830 g/mol. The van der Waals surface area contributed by atoms with Crippen LogP contribution in [0.4, 0.5) is 10.8 Å². The Kier molecular flexibility index (Phi) is 11.5. The normalized spacial score (nSPS) is 23.1. The highest BCUT2D eigenvalue weighted by atomic mass is 35.5. The van der Waals surface area contributed by atoms with Crippen LogP contribution in [0.15, 0.2) is 78.8 Å². The van der Waals surface area contributed by atoms with Crippen molar-refractivity contribution in [3.8, 4) is 22.9 Å². The number of hydrogen-bond donors (Lipinski definition) is 3. The minimum Gasteiger partial charge on any atom is -0.494 e. The van der Waals surface area contributed by atoms with E-state index < -0.39 is 62.6 Å². The highest BCUT2D eigenvalue weighted by Gasteiger charge is 2.62. The Hall–Kier alpha value is -5.23. The van der Waals surface area contributed by atoms with Crippen molar-refractivity contribution in [2.45, 2.75) is 61.6 Å². The van der Waals surface area contributed by atoms with E-state index in [1.807, 2.05) is 17.5 Å². The Bertz CT molecular complexity index is 2450. The van der Waals surface area contributed by atoms with E-state index in [1.54, 1.807) is 25.1 Å². The van der Waals surface area contributed by atoms with E-state index in [9.17, 15) is 22.8 Å². The minimum absolute atomic E-state index is 0.0227. The van der Waals surface area contributed by atoms with Crippen molar-refractivity contribution < 1.29 is 37.0 Å². The molecule has 3 N–H and O–H groups in total. The van der Waals surface area contributed by atoms with Gasteiger partial charge in [0.25, 0.3) is 5.91 Å². The molecule has 2 aliphatic carbocycles. The van der Waals surface area contributed by atoms with Crippen LogP contribution in [0.2, 0.25) is 5.02 Å². The molecule has 0 spiro atoms. The number of nitrogens with zero attached hydrogens (tertiary/aromatic N) is 4. The van der Waals surface area contributed by atoms with E-state index in [0.29, 0.717) is 58.3 Å². The van der Waals surface area contributed by atoms with Crippen molar-refractivity contribution in [1.82, 2.24) is 24.9 Å². The summed E-state index contributed by atoms with van der Waals surface area (Å²) >= 11 is 7.71. The van der Waals surface area contributed by atoms with Gasteiger partial charge in [-0.2, -0.15) is 0 Å². The number of morpholine rings is 1. The SMILES string of the molecule is C=C[C@@H]1C[C@]1(NC(=O)[C@@H]1C[C@@H](Oc2ncc(OC)c3ccc(Cl)cc23)CN1C(=O)[C@@H](Nc1nc(-c2ccc(N3CCOCC3)cc2)cs1)C(=C)C)C(=O)NS(=O)(=O)C1CC1. The molecule has 0 unspecified atom stereocenters. The molecule has 2 saturated carbocycles. The van der Waals surface area contributed by atoms with Crippen molar-refractivity contribution in [3.05, 3.63) is 83.9 Å². The summed E-state index contributed by atoms with van der Waals surface area (Å²) in [5.41, 5.74) is 1.66. The number of nitrogens with one attached hydrogen (secondary N) is 3. The first kappa shape index (κ1) is 41.5. The second-order valence-electron chi connectivity index (χ2n) is 15.6. The highest BCUT2D eigenvalue weighted by Crippen LogP contribution is 2.46. The Morgan fingerprint density at radius 2 is 1.87 bits per heavy atom. The Balaban J connectivity index is 1.05. The minimum atomic E-state index is -3.91. The number of carbonyl (C=O) groups is 3. The van der Waals surface area contributed by atoms with Gasteiger partial charge in [-0.25, -0.2) is 18.4 Å². The van der Waals surface area contributed by atoms with Crippen LogP contribution in [0.3, 0.4) is 0 Å². The number of sulfonamides is 1. The van der Waals surface area contributed by atoms with Gasteiger partial charge in [-0.15, -0.1) is 17.9 Å². The molecule has 0 bridgehead atoms. The van der Waals surface area contributed by atoms with E-state index in [0.717, 1.165) is 30.0 Å². The zero-order valence-electron chi connectivity index (χ0n) is 33.2. The number of hydrogen-bond acceptors (Lipinski definition) is 13. The van der Waals surface area contributed by atoms with Crippen molar-refractivity contribution in [3.63, 3.8) is 0 Å². The molecule has 3 amide bonds. The molecule has 4 heterocycles. The summed E-state index contributed by atoms with van der Waals surface area (Å²) in [6.45, 7) is 12.6. The average Bonchev–Trinajstić information content (AvgIpc) is 4.13. The molecule has 4 aromatic rings. The average molecular weight is 876 g/mol. The van der Waals surface area contributed by atoms with E-state index in [-0.39, 0.29) is 25.3 Å². The van der Waals surface area contributed by atoms with Gasteiger partial charge in [0.05, 0.1) is 44.0 Å². The molecule has 2 aromatic heterocycles. The molecule has 2 aromatic carbocycles. The van der Waals surface area contributed by atoms with Gasteiger partial charge in [0.1, 0.15) is 29.5 Å². The molecule has 2 saturated heterocycles. The predicted molar refractivity (Wildman–Crippen MR) is 230 cm³/mol. The number of anilines is 2. The Morgan fingerprint density at radius 1 is 1.12 bits per heavy atom. The third-order valence-electron chi connectivity index (χ3n) is 11.4. The number of ether oxygens (including phenoxy) is 3. The number of thiazole rings is 1. The second kappa shape index (κ2) is 16.7. The lowest BCUT2D eigenvalue weighted by molar-refractivity contribution is -0.139. The van der Waals surface area contributed by atoms with Gasteiger partial charge in [-0.3, -0.25) is 19.1 Å². The summed E-state index contributed by atoms with van der Waals surface area (Å²) in [6.07, 6.45) is 3.39. The van der Waals surface area contributed by atoms with Crippen LogP contribution in [0.5, 0.6) is 11.6 Å².